The van der Waals surface area contributed by atoms with E-state index in [1.165, 1.54) is 22.5 Å². The summed E-state index contributed by atoms with van der Waals surface area (Å²) in [5.74, 6) is 0. The largest absolute Gasteiger partial charge is 0.378 e. The Labute approximate surface area is 156 Å². The monoisotopic (exact) mass is 348 g/mol. The molecule has 2 aromatic carbocycles. The first-order valence-corrected chi connectivity index (χ1v) is 9.51. The Morgan fingerprint density at radius 3 is 2.38 bits per heavy atom. The van der Waals surface area contributed by atoms with E-state index in [1.54, 1.807) is 0 Å². The highest BCUT2D eigenvalue weighted by Gasteiger charge is 2.41. The second-order valence-electron chi connectivity index (χ2n) is 7.84. The highest BCUT2D eigenvalue weighted by Crippen LogP contribution is 2.44. The van der Waals surface area contributed by atoms with E-state index in [2.05, 4.69) is 91.4 Å². The fourth-order valence-electron chi connectivity index (χ4n) is 4.31. The Morgan fingerprint density at radius 1 is 1.00 bits per heavy atom. The van der Waals surface area contributed by atoms with E-state index in [0.29, 0.717) is 6.04 Å². The third kappa shape index (κ3) is 3.01. The van der Waals surface area contributed by atoms with E-state index in [-0.39, 0.29) is 5.41 Å². The number of benzene rings is 2. The molecule has 136 valence electrons. The quantitative estimate of drug-likeness (QED) is 0.821. The Bertz CT molecular complexity index is 788. The summed E-state index contributed by atoms with van der Waals surface area (Å²) >= 11 is 0. The van der Waals surface area contributed by atoms with E-state index in [9.17, 15) is 0 Å². The summed E-state index contributed by atoms with van der Waals surface area (Å²) in [6.07, 6.45) is 4.61. The summed E-state index contributed by atoms with van der Waals surface area (Å²) in [6, 6.07) is 18.0. The van der Waals surface area contributed by atoms with Gasteiger partial charge in [0.1, 0.15) is 0 Å². The van der Waals surface area contributed by atoms with Crippen LogP contribution in [0.25, 0.3) is 6.08 Å². The van der Waals surface area contributed by atoms with Crippen molar-refractivity contribution < 1.29 is 4.74 Å². The van der Waals surface area contributed by atoms with Gasteiger partial charge in [0.15, 0.2) is 0 Å². The van der Waals surface area contributed by atoms with Crippen LogP contribution in [0.3, 0.4) is 0 Å². The average molecular weight is 348 g/mol. The summed E-state index contributed by atoms with van der Waals surface area (Å²) in [5, 5.41) is 0. The fourth-order valence-corrected chi connectivity index (χ4v) is 4.31. The number of hydrogen-bond donors (Lipinski definition) is 0. The van der Waals surface area contributed by atoms with Crippen molar-refractivity contribution in [2.75, 3.05) is 43.2 Å². The number of morpholine rings is 1. The molecule has 0 saturated carbocycles. The van der Waals surface area contributed by atoms with E-state index < -0.39 is 0 Å². The molecule has 0 amide bonds. The molecule has 0 aliphatic carbocycles. The first kappa shape index (κ1) is 17.2. The van der Waals surface area contributed by atoms with E-state index >= 15 is 0 Å². The number of rotatable bonds is 3. The highest BCUT2D eigenvalue weighted by molar-refractivity contribution is 5.66. The third-order valence-corrected chi connectivity index (χ3v) is 5.88. The molecule has 2 heterocycles. The number of anilines is 2. The molecule has 0 bridgehead atoms. The number of fused-ring (bicyclic) bond motifs is 1. The highest BCUT2D eigenvalue weighted by atomic mass is 16.5. The minimum absolute atomic E-state index is 0.107. The van der Waals surface area contributed by atoms with Gasteiger partial charge >= 0.3 is 0 Å². The lowest BCUT2D eigenvalue weighted by molar-refractivity contribution is 0.122. The normalized spacial score (nSPS) is 22.0. The van der Waals surface area contributed by atoms with Crippen molar-refractivity contribution in [3.63, 3.8) is 0 Å². The molecule has 1 unspecified atom stereocenters. The molecule has 2 aliphatic rings. The zero-order valence-corrected chi connectivity index (χ0v) is 16.0. The van der Waals surface area contributed by atoms with Crippen molar-refractivity contribution in [1.82, 2.24) is 0 Å². The number of ether oxygens (including phenoxy) is 1. The lowest BCUT2D eigenvalue weighted by Gasteiger charge is -2.30. The minimum Gasteiger partial charge on any atom is -0.378 e. The second-order valence-corrected chi connectivity index (χ2v) is 7.84. The molecule has 1 atom stereocenters. The molecule has 3 heteroatoms. The first-order chi connectivity index (χ1) is 12.6. The maximum Gasteiger partial charge on any atom is 0.0642 e. The first-order valence-electron chi connectivity index (χ1n) is 9.51. The van der Waals surface area contributed by atoms with Gasteiger partial charge in [0.25, 0.3) is 0 Å². The van der Waals surface area contributed by atoms with Crippen LogP contribution in [0.2, 0.25) is 0 Å². The van der Waals surface area contributed by atoms with Gasteiger partial charge in [0, 0.05) is 36.9 Å². The van der Waals surface area contributed by atoms with Crippen molar-refractivity contribution in [1.29, 1.82) is 0 Å². The predicted molar refractivity (Wildman–Crippen MR) is 110 cm³/mol. The third-order valence-electron chi connectivity index (χ3n) is 5.88. The topological polar surface area (TPSA) is 15.7 Å². The number of likely N-dealkylation sites (N-methyl/N-ethyl adjacent to an activating group) is 1. The van der Waals surface area contributed by atoms with Crippen LogP contribution < -0.4 is 9.80 Å². The molecule has 1 saturated heterocycles. The summed E-state index contributed by atoms with van der Waals surface area (Å²) in [6.45, 7) is 8.29. The van der Waals surface area contributed by atoms with Crippen LogP contribution in [0.5, 0.6) is 0 Å². The molecular weight excluding hydrogens is 320 g/mol. The molecule has 26 heavy (non-hydrogen) atoms. The van der Waals surface area contributed by atoms with Gasteiger partial charge in [0.2, 0.25) is 0 Å². The van der Waals surface area contributed by atoms with Gasteiger partial charge < -0.3 is 14.5 Å². The molecule has 2 aromatic rings. The Hall–Kier alpha value is -2.26. The number of nitrogens with zero attached hydrogens (tertiary/aromatic N) is 2. The average Bonchev–Trinajstić information content (AvgIpc) is 2.88. The van der Waals surface area contributed by atoms with Gasteiger partial charge in [-0.05, 0) is 29.3 Å². The van der Waals surface area contributed by atoms with Gasteiger partial charge in [-0.25, -0.2) is 0 Å². The van der Waals surface area contributed by atoms with E-state index in [1.807, 2.05) is 0 Å². The lowest BCUT2D eigenvalue weighted by Crippen LogP contribution is -2.37. The Balaban J connectivity index is 1.51. The van der Waals surface area contributed by atoms with Crippen LogP contribution >= 0.6 is 0 Å². The van der Waals surface area contributed by atoms with Crippen molar-refractivity contribution in [3.05, 3.63) is 65.7 Å². The zero-order valence-electron chi connectivity index (χ0n) is 16.0. The zero-order chi connectivity index (χ0) is 18.1. The van der Waals surface area contributed by atoms with Crippen molar-refractivity contribution in [2.24, 2.45) is 0 Å². The molecule has 0 spiro atoms. The van der Waals surface area contributed by atoms with Gasteiger partial charge in [-0.2, -0.15) is 0 Å². The van der Waals surface area contributed by atoms with Gasteiger partial charge in [-0.1, -0.05) is 56.3 Å². The molecule has 2 aliphatic heterocycles. The van der Waals surface area contributed by atoms with Crippen molar-refractivity contribution in [2.45, 2.75) is 25.3 Å². The molecule has 0 aromatic heterocycles. The summed E-state index contributed by atoms with van der Waals surface area (Å²) in [7, 11) is 2.20. The molecule has 3 nitrogen and oxygen atoms in total. The Morgan fingerprint density at radius 2 is 1.69 bits per heavy atom. The van der Waals surface area contributed by atoms with Crippen LogP contribution in [0.15, 0.2) is 54.6 Å². The molecule has 4 rings (SSSR count). The van der Waals surface area contributed by atoms with E-state index in [0.717, 1.165) is 26.3 Å². The van der Waals surface area contributed by atoms with Gasteiger partial charge in [0.05, 0.1) is 19.3 Å². The van der Waals surface area contributed by atoms with E-state index in [4.69, 9.17) is 4.74 Å². The maximum absolute atomic E-state index is 5.44. The second kappa shape index (κ2) is 6.81. The van der Waals surface area contributed by atoms with Crippen LogP contribution in [-0.2, 0) is 10.2 Å². The van der Waals surface area contributed by atoms with Gasteiger partial charge in [-0.3, -0.25) is 0 Å². The molecule has 0 radical (unpaired) electrons. The van der Waals surface area contributed by atoms with Crippen LogP contribution in [-0.4, -0.2) is 39.4 Å². The minimum atomic E-state index is 0.107. The van der Waals surface area contributed by atoms with Crippen LogP contribution in [0, 0.1) is 0 Å². The Kier molecular flexibility index (Phi) is 4.49. The summed E-state index contributed by atoms with van der Waals surface area (Å²) < 4.78 is 5.44. The summed E-state index contributed by atoms with van der Waals surface area (Å²) in [5.41, 5.74) is 5.42. The molecule has 0 N–H and O–H groups in total. The fraction of sp³-hybridized carbons (Fsp3) is 0.391. The molecular formula is C23H28N2O. The van der Waals surface area contributed by atoms with Crippen LogP contribution in [0.1, 0.15) is 25.0 Å². The predicted octanol–water partition coefficient (Wildman–Crippen LogP) is 4.33. The van der Waals surface area contributed by atoms with Gasteiger partial charge in [-0.15, -0.1) is 0 Å². The standard InChI is InChI=1S/C23H28N2O/c1-23(2)20-6-4-5-7-21(20)24(3)22(23)13-10-18-8-11-19(12-9-18)25-14-16-26-17-15-25/h4-13,22H,14-17H2,1-3H3/b13-10+. The van der Waals surface area contributed by atoms with Crippen LogP contribution in [0.4, 0.5) is 11.4 Å². The SMILES string of the molecule is CN1c2ccccc2C(C)(C)C1/C=C/c1ccc(N2CCOCC2)cc1. The molecule has 1 fully saturated rings. The van der Waals surface area contributed by atoms with Crippen molar-refractivity contribution >= 4 is 17.5 Å². The number of para-hydroxylation sites is 1. The smallest absolute Gasteiger partial charge is 0.0642 e. The van der Waals surface area contributed by atoms with Crippen molar-refractivity contribution in [3.8, 4) is 0 Å². The summed E-state index contributed by atoms with van der Waals surface area (Å²) in [4.78, 5) is 4.79. The maximum atomic E-state index is 5.44. The lowest BCUT2D eigenvalue weighted by atomic mass is 9.80. The number of hydrogen-bond acceptors (Lipinski definition) is 3.